The van der Waals surface area contributed by atoms with Crippen molar-refractivity contribution in [3.63, 3.8) is 0 Å². The van der Waals surface area contributed by atoms with E-state index in [9.17, 15) is 0 Å². The first-order valence-electron chi connectivity index (χ1n) is 10.5. The van der Waals surface area contributed by atoms with E-state index in [-0.39, 0.29) is 0 Å². The Kier molecular flexibility index (Phi) is 12.9. The molecule has 0 aliphatic heterocycles. The second-order valence-corrected chi connectivity index (χ2v) is 10.2. The smallest absolute Gasteiger partial charge is 0.364 e. The summed E-state index contributed by atoms with van der Waals surface area (Å²) >= 11 is 0. The molecule has 0 radical (unpaired) electrons. The summed E-state index contributed by atoms with van der Waals surface area (Å²) in [6.07, 6.45) is 0. The zero-order valence-corrected chi connectivity index (χ0v) is 21.0. The molecule has 0 heterocycles. The van der Waals surface area contributed by atoms with Crippen LogP contribution in [0.5, 0.6) is 0 Å². The molecule has 0 aromatic heterocycles. The van der Waals surface area contributed by atoms with Crippen LogP contribution in [0.3, 0.4) is 0 Å². The highest BCUT2D eigenvalue weighted by Crippen LogP contribution is 2.11. The summed E-state index contributed by atoms with van der Waals surface area (Å²) in [5, 5.41) is 0. The first-order valence-corrected chi connectivity index (χ1v) is 14.0. The minimum absolute atomic E-state index is 0.487. The van der Waals surface area contributed by atoms with Gasteiger partial charge in [-0.1, -0.05) is 11.8 Å². The molecule has 0 unspecified atom stereocenters. The van der Waals surface area contributed by atoms with Gasteiger partial charge in [0.1, 0.15) is 0 Å². The number of benzene rings is 1. The molecule has 0 saturated heterocycles. The lowest BCUT2D eigenvalue weighted by molar-refractivity contribution is 0.0862. The Morgan fingerprint density at radius 2 is 0.733 bits per heavy atom. The van der Waals surface area contributed by atoms with E-state index in [1.807, 2.05) is 65.8 Å². The molecule has 0 bridgehead atoms. The summed E-state index contributed by atoms with van der Waals surface area (Å²) < 4.78 is 34.6. The Labute approximate surface area is 183 Å². The van der Waals surface area contributed by atoms with Crippen LogP contribution in [0.2, 0.25) is 0 Å². The third-order valence-electron chi connectivity index (χ3n) is 3.61. The summed E-state index contributed by atoms with van der Waals surface area (Å²) in [6, 6.07) is 7.63. The molecule has 0 saturated carbocycles. The van der Waals surface area contributed by atoms with E-state index >= 15 is 0 Å². The summed E-state index contributed by atoms with van der Waals surface area (Å²) in [6.45, 7) is 14.4. The van der Waals surface area contributed by atoms with Crippen molar-refractivity contribution in [2.24, 2.45) is 0 Å². The molecular weight excluding hydrogens is 416 g/mol. The highest BCUT2D eigenvalue weighted by molar-refractivity contribution is 6.70. The first kappa shape index (κ1) is 26.6. The number of rotatable bonds is 12. The van der Waals surface area contributed by atoms with Gasteiger partial charge in [-0.25, -0.2) is 0 Å². The maximum absolute atomic E-state index is 5.76. The monoisotopic (exact) mass is 450 g/mol. The Morgan fingerprint density at radius 1 is 0.500 bits per heavy atom. The molecule has 8 heteroatoms. The predicted molar refractivity (Wildman–Crippen MR) is 121 cm³/mol. The highest BCUT2D eigenvalue weighted by atomic mass is 28.4. The van der Waals surface area contributed by atoms with Crippen LogP contribution in [0.1, 0.15) is 52.7 Å². The van der Waals surface area contributed by atoms with Gasteiger partial charge in [0.25, 0.3) is 0 Å². The summed E-state index contributed by atoms with van der Waals surface area (Å²) in [7, 11) is -5.99. The van der Waals surface area contributed by atoms with Crippen LogP contribution in [0, 0.1) is 22.9 Å². The van der Waals surface area contributed by atoms with Gasteiger partial charge in [0, 0.05) is 50.8 Å². The maximum Gasteiger partial charge on any atom is 0.591 e. The fourth-order valence-electron chi connectivity index (χ4n) is 2.54. The van der Waals surface area contributed by atoms with Crippen molar-refractivity contribution in [1.82, 2.24) is 0 Å². The zero-order valence-electron chi connectivity index (χ0n) is 19.0. The number of hydrogen-bond acceptors (Lipinski definition) is 6. The fourth-order valence-corrected chi connectivity index (χ4v) is 6.35. The SMILES string of the molecule is CCO[Si](C#Cc1ccc(C#C[Si](OCC)(OCC)OCC)cc1)(OCC)OCC. The highest BCUT2D eigenvalue weighted by Gasteiger charge is 2.40. The van der Waals surface area contributed by atoms with Gasteiger partial charge in [-0.2, -0.15) is 0 Å². The summed E-state index contributed by atoms with van der Waals surface area (Å²) in [5.41, 5.74) is 7.89. The molecular formula is C22H34O6Si2. The van der Waals surface area contributed by atoms with Gasteiger partial charge >= 0.3 is 17.6 Å². The second-order valence-electron chi connectivity index (χ2n) is 5.79. The van der Waals surface area contributed by atoms with E-state index in [1.165, 1.54) is 0 Å². The Balaban J connectivity index is 3.07. The Morgan fingerprint density at radius 3 is 0.933 bits per heavy atom. The summed E-state index contributed by atoms with van der Waals surface area (Å²) in [4.78, 5) is 0. The van der Waals surface area contributed by atoms with Gasteiger partial charge in [0.05, 0.1) is 0 Å². The third-order valence-corrected chi connectivity index (χ3v) is 8.49. The molecule has 0 spiro atoms. The van der Waals surface area contributed by atoms with E-state index in [0.717, 1.165) is 11.1 Å². The van der Waals surface area contributed by atoms with Gasteiger partial charge in [-0.3, -0.25) is 0 Å². The van der Waals surface area contributed by atoms with Gasteiger partial charge in [-0.15, -0.1) is 0 Å². The fraction of sp³-hybridized carbons (Fsp3) is 0.545. The van der Waals surface area contributed by atoms with E-state index in [4.69, 9.17) is 26.6 Å². The minimum Gasteiger partial charge on any atom is -0.364 e. The third kappa shape index (κ3) is 8.72. The lowest BCUT2D eigenvalue weighted by Crippen LogP contribution is -2.45. The predicted octanol–water partition coefficient (Wildman–Crippen LogP) is 3.56. The molecule has 30 heavy (non-hydrogen) atoms. The van der Waals surface area contributed by atoms with E-state index in [0.29, 0.717) is 39.6 Å². The second kappa shape index (κ2) is 14.5. The van der Waals surface area contributed by atoms with Crippen molar-refractivity contribution >= 4 is 17.6 Å². The van der Waals surface area contributed by atoms with Crippen molar-refractivity contribution in [2.45, 2.75) is 41.5 Å². The maximum atomic E-state index is 5.76. The molecule has 0 aliphatic rings. The van der Waals surface area contributed by atoms with Gasteiger partial charge in [-0.05, 0) is 76.9 Å². The van der Waals surface area contributed by atoms with Crippen molar-refractivity contribution in [1.29, 1.82) is 0 Å². The van der Waals surface area contributed by atoms with Crippen LogP contribution in [0.25, 0.3) is 0 Å². The van der Waals surface area contributed by atoms with Crippen molar-refractivity contribution in [3.8, 4) is 22.9 Å². The molecule has 0 fully saturated rings. The number of hydrogen-bond donors (Lipinski definition) is 0. The van der Waals surface area contributed by atoms with Crippen LogP contribution in [0.4, 0.5) is 0 Å². The van der Waals surface area contributed by atoms with E-state index in [1.54, 1.807) is 0 Å². The standard InChI is InChI=1S/C22H34O6Si2/c1-7-23-29(24-8-2,25-9-3)19-17-21-13-15-22(16-14-21)18-20-30(26-10-4,27-11-5)28-12-6/h13-16H,7-12H2,1-6H3. The lowest BCUT2D eigenvalue weighted by Gasteiger charge is -2.22. The van der Waals surface area contributed by atoms with Gasteiger partial charge < -0.3 is 26.6 Å². The van der Waals surface area contributed by atoms with Crippen LogP contribution in [0.15, 0.2) is 24.3 Å². The van der Waals surface area contributed by atoms with Crippen LogP contribution in [-0.4, -0.2) is 57.3 Å². The van der Waals surface area contributed by atoms with Crippen LogP contribution in [-0.2, 0) is 26.6 Å². The molecule has 0 N–H and O–H groups in total. The minimum atomic E-state index is -2.99. The van der Waals surface area contributed by atoms with Crippen molar-refractivity contribution < 1.29 is 26.6 Å². The lowest BCUT2D eigenvalue weighted by atomic mass is 10.1. The molecule has 1 rings (SSSR count). The average Bonchev–Trinajstić information content (AvgIpc) is 2.73. The van der Waals surface area contributed by atoms with Crippen LogP contribution >= 0.6 is 0 Å². The first-order chi connectivity index (χ1) is 14.5. The molecule has 0 amide bonds. The van der Waals surface area contributed by atoms with Gasteiger partial charge in [0.2, 0.25) is 0 Å². The van der Waals surface area contributed by atoms with Crippen molar-refractivity contribution in [2.75, 3.05) is 39.6 Å². The zero-order chi connectivity index (χ0) is 22.3. The largest absolute Gasteiger partial charge is 0.591 e. The quantitative estimate of drug-likeness (QED) is 0.358. The van der Waals surface area contributed by atoms with Crippen molar-refractivity contribution in [3.05, 3.63) is 35.4 Å². The molecule has 166 valence electrons. The van der Waals surface area contributed by atoms with E-state index in [2.05, 4.69) is 22.9 Å². The van der Waals surface area contributed by atoms with Crippen LogP contribution < -0.4 is 0 Å². The molecule has 1 aromatic rings. The Hall–Kier alpha value is -1.47. The topological polar surface area (TPSA) is 55.4 Å². The normalized spacial score (nSPS) is 11.4. The molecule has 1 aromatic carbocycles. The molecule has 0 aliphatic carbocycles. The molecule has 6 nitrogen and oxygen atoms in total. The Bertz CT molecular complexity index is 633. The average molecular weight is 451 g/mol. The van der Waals surface area contributed by atoms with E-state index < -0.39 is 17.6 Å². The van der Waals surface area contributed by atoms with Gasteiger partial charge in [0.15, 0.2) is 0 Å². The summed E-state index contributed by atoms with van der Waals surface area (Å²) in [5.74, 6) is 6.25. The molecule has 0 atom stereocenters.